The lowest BCUT2D eigenvalue weighted by Gasteiger charge is -2.29. The molecule has 0 aliphatic heterocycles. The van der Waals surface area contributed by atoms with E-state index in [1.54, 1.807) is 36.1 Å². The minimum atomic E-state index is -3.58. The zero-order valence-electron chi connectivity index (χ0n) is 21.5. The number of rotatable bonds is 13. The number of hydrogen-bond donors (Lipinski definition) is 1. The average molecular weight is 583 g/mol. The zero-order valence-corrected chi connectivity index (χ0v) is 23.9. The van der Waals surface area contributed by atoms with Crippen molar-refractivity contribution in [3.05, 3.63) is 58.6 Å². The second-order valence-electron chi connectivity index (χ2n) is 9.11. The minimum Gasteiger partial charge on any atom is -0.497 e. The van der Waals surface area contributed by atoms with Crippen LogP contribution in [-0.2, 0) is 26.2 Å². The lowest BCUT2D eigenvalue weighted by atomic mass is 10.1. The third-order valence-corrected chi connectivity index (χ3v) is 7.27. The van der Waals surface area contributed by atoms with Gasteiger partial charge in [0.05, 0.1) is 19.1 Å². The molecule has 0 fully saturated rings. The standard InChI is InChI=1S/C26H36BrN3O5S/c1-19(2)17-28-26(32)20(3)29(18-21-9-6-10-22(27)15-21)25(31)13-8-14-30(36(5,33)34)23-11-7-12-24(16-23)35-4/h6-7,9-12,15-16,19-20H,8,13-14,17-18H2,1-5H3,(H,28,32). The van der Waals surface area contributed by atoms with Crippen LogP contribution in [0.1, 0.15) is 39.2 Å². The monoisotopic (exact) mass is 581 g/mol. The van der Waals surface area contributed by atoms with Crippen molar-refractivity contribution in [2.45, 2.75) is 46.2 Å². The topological polar surface area (TPSA) is 96.0 Å². The predicted octanol–water partition coefficient (Wildman–Crippen LogP) is 4.19. The number of methoxy groups -OCH3 is 1. The molecule has 0 aliphatic carbocycles. The van der Waals surface area contributed by atoms with Gasteiger partial charge in [-0.3, -0.25) is 13.9 Å². The Balaban J connectivity index is 2.17. The van der Waals surface area contributed by atoms with Gasteiger partial charge >= 0.3 is 0 Å². The van der Waals surface area contributed by atoms with Gasteiger partial charge in [-0.15, -0.1) is 0 Å². The SMILES string of the molecule is COc1cccc(N(CCCC(=O)N(Cc2cccc(Br)c2)C(C)C(=O)NCC(C)C)S(C)(=O)=O)c1. The van der Waals surface area contributed by atoms with Gasteiger partial charge in [0.2, 0.25) is 21.8 Å². The van der Waals surface area contributed by atoms with E-state index in [4.69, 9.17) is 4.74 Å². The molecule has 2 aromatic rings. The van der Waals surface area contributed by atoms with Gasteiger partial charge in [-0.25, -0.2) is 8.42 Å². The van der Waals surface area contributed by atoms with Crippen LogP contribution in [0, 0.1) is 5.92 Å². The highest BCUT2D eigenvalue weighted by atomic mass is 79.9. The fourth-order valence-corrected chi connectivity index (χ4v) is 5.04. The van der Waals surface area contributed by atoms with Crippen LogP contribution in [0.4, 0.5) is 5.69 Å². The van der Waals surface area contributed by atoms with E-state index >= 15 is 0 Å². The summed E-state index contributed by atoms with van der Waals surface area (Å²) in [5.41, 5.74) is 1.35. The van der Waals surface area contributed by atoms with Gasteiger partial charge in [0.15, 0.2) is 0 Å². The number of halogens is 1. The van der Waals surface area contributed by atoms with Crippen LogP contribution < -0.4 is 14.4 Å². The van der Waals surface area contributed by atoms with Crippen molar-refractivity contribution in [2.24, 2.45) is 5.92 Å². The molecule has 0 saturated heterocycles. The second kappa shape index (κ2) is 13.6. The zero-order chi connectivity index (χ0) is 26.9. The molecule has 10 heteroatoms. The molecular formula is C26H36BrN3O5S. The number of hydrogen-bond acceptors (Lipinski definition) is 5. The number of amides is 2. The van der Waals surface area contributed by atoms with Crippen LogP contribution >= 0.6 is 15.9 Å². The quantitative estimate of drug-likeness (QED) is 0.382. The molecule has 0 aliphatic rings. The Hall–Kier alpha value is -2.59. The summed E-state index contributed by atoms with van der Waals surface area (Å²) < 4.78 is 32.3. The van der Waals surface area contributed by atoms with Gasteiger partial charge in [-0.05, 0) is 49.1 Å². The van der Waals surface area contributed by atoms with E-state index in [9.17, 15) is 18.0 Å². The van der Waals surface area contributed by atoms with Crippen LogP contribution in [0.5, 0.6) is 5.75 Å². The Morgan fingerprint density at radius 2 is 1.78 bits per heavy atom. The van der Waals surface area contributed by atoms with Crippen LogP contribution in [0.3, 0.4) is 0 Å². The summed E-state index contributed by atoms with van der Waals surface area (Å²) in [6.45, 7) is 6.63. The van der Waals surface area contributed by atoms with Crippen LogP contribution in [0.25, 0.3) is 0 Å². The minimum absolute atomic E-state index is 0.0891. The Kier molecular flexibility index (Phi) is 11.2. The third-order valence-electron chi connectivity index (χ3n) is 5.59. The predicted molar refractivity (Wildman–Crippen MR) is 146 cm³/mol. The van der Waals surface area contributed by atoms with E-state index in [2.05, 4.69) is 21.2 Å². The molecule has 0 saturated carbocycles. The van der Waals surface area contributed by atoms with Crippen molar-refractivity contribution in [3.63, 3.8) is 0 Å². The molecule has 36 heavy (non-hydrogen) atoms. The molecule has 2 amide bonds. The molecule has 0 spiro atoms. The number of nitrogens with zero attached hydrogens (tertiary/aromatic N) is 2. The first-order valence-corrected chi connectivity index (χ1v) is 14.5. The number of nitrogens with one attached hydrogen (secondary N) is 1. The molecule has 2 aromatic carbocycles. The lowest BCUT2D eigenvalue weighted by Crippen LogP contribution is -2.48. The van der Waals surface area contributed by atoms with E-state index in [0.717, 1.165) is 16.3 Å². The summed E-state index contributed by atoms with van der Waals surface area (Å²) in [5.74, 6) is 0.384. The van der Waals surface area contributed by atoms with Crippen molar-refractivity contribution in [2.75, 3.05) is 30.8 Å². The number of ether oxygens (including phenoxy) is 1. The molecule has 0 bridgehead atoms. The van der Waals surface area contributed by atoms with E-state index in [0.29, 0.717) is 24.4 Å². The molecule has 198 valence electrons. The molecule has 2 rings (SSSR count). The smallest absolute Gasteiger partial charge is 0.242 e. The lowest BCUT2D eigenvalue weighted by molar-refractivity contribution is -0.140. The number of sulfonamides is 1. The highest BCUT2D eigenvalue weighted by molar-refractivity contribution is 9.10. The molecular weight excluding hydrogens is 546 g/mol. The highest BCUT2D eigenvalue weighted by Crippen LogP contribution is 2.24. The van der Waals surface area contributed by atoms with E-state index in [1.165, 1.54) is 11.4 Å². The molecule has 1 N–H and O–H groups in total. The third kappa shape index (κ3) is 9.13. The largest absolute Gasteiger partial charge is 0.497 e. The fourth-order valence-electron chi connectivity index (χ4n) is 3.64. The van der Waals surface area contributed by atoms with E-state index in [1.807, 2.05) is 38.1 Å². The molecule has 0 aromatic heterocycles. The average Bonchev–Trinajstić information content (AvgIpc) is 2.82. The van der Waals surface area contributed by atoms with Crippen molar-refractivity contribution in [1.29, 1.82) is 0 Å². The van der Waals surface area contributed by atoms with Gasteiger partial charge in [-0.1, -0.05) is 48.0 Å². The van der Waals surface area contributed by atoms with E-state index < -0.39 is 16.1 Å². The summed E-state index contributed by atoms with van der Waals surface area (Å²) in [4.78, 5) is 27.7. The van der Waals surface area contributed by atoms with Crippen molar-refractivity contribution < 1.29 is 22.7 Å². The summed E-state index contributed by atoms with van der Waals surface area (Å²) in [6.07, 6.45) is 1.51. The summed E-state index contributed by atoms with van der Waals surface area (Å²) >= 11 is 3.45. The number of benzene rings is 2. The maximum atomic E-state index is 13.3. The Labute approximate surface area is 223 Å². The number of carbonyl (C=O) groups excluding carboxylic acids is 2. The van der Waals surface area contributed by atoms with Crippen molar-refractivity contribution in [3.8, 4) is 5.75 Å². The van der Waals surface area contributed by atoms with Gasteiger partial charge in [0.25, 0.3) is 0 Å². The Morgan fingerprint density at radius 1 is 1.08 bits per heavy atom. The van der Waals surface area contributed by atoms with Crippen LogP contribution in [0.15, 0.2) is 53.0 Å². The highest BCUT2D eigenvalue weighted by Gasteiger charge is 2.27. The Morgan fingerprint density at radius 3 is 2.39 bits per heavy atom. The first-order valence-electron chi connectivity index (χ1n) is 11.9. The van der Waals surface area contributed by atoms with E-state index in [-0.39, 0.29) is 37.2 Å². The summed E-state index contributed by atoms with van der Waals surface area (Å²) in [5, 5.41) is 2.90. The maximum absolute atomic E-state index is 13.3. The normalized spacial score (nSPS) is 12.2. The number of anilines is 1. The number of carbonyl (C=O) groups is 2. The molecule has 0 radical (unpaired) electrons. The summed E-state index contributed by atoms with van der Waals surface area (Å²) in [7, 11) is -2.06. The molecule has 8 nitrogen and oxygen atoms in total. The van der Waals surface area contributed by atoms with Gasteiger partial charge < -0.3 is 15.0 Å². The first kappa shape index (κ1) is 29.6. The Bertz CT molecular complexity index is 1140. The van der Waals surface area contributed by atoms with Crippen molar-refractivity contribution >= 4 is 43.5 Å². The molecule has 1 atom stereocenters. The molecule has 1 unspecified atom stereocenters. The van der Waals surface area contributed by atoms with Crippen LogP contribution in [0.2, 0.25) is 0 Å². The second-order valence-corrected chi connectivity index (χ2v) is 11.9. The first-order chi connectivity index (χ1) is 16.9. The van der Waals surface area contributed by atoms with Crippen LogP contribution in [-0.4, -0.2) is 57.6 Å². The summed E-state index contributed by atoms with van der Waals surface area (Å²) in [6, 6.07) is 13.7. The fraction of sp³-hybridized carbons (Fsp3) is 0.462. The van der Waals surface area contributed by atoms with Gasteiger partial charge in [0.1, 0.15) is 11.8 Å². The molecule has 0 heterocycles. The van der Waals surface area contributed by atoms with Gasteiger partial charge in [-0.2, -0.15) is 0 Å². The van der Waals surface area contributed by atoms with Crippen molar-refractivity contribution in [1.82, 2.24) is 10.2 Å². The maximum Gasteiger partial charge on any atom is 0.242 e. The van der Waals surface area contributed by atoms with Gasteiger partial charge in [0, 0.05) is 36.6 Å².